The topological polar surface area (TPSA) is 146 Å². The third kappa shape index (κ3) is 5.46. The molecule has 0 unspecified atom stereocenters. The zero-order valence-corrected chi connectivity index (χ0v) is 21.9. The lowest BCUT2D eigenvalue weighted by Crippen LogP contribution is -2.49. The van der Waals surface area contributed by atoms with E-state index in [0.29, 0.717) is 35.9 Å². The molecular weight excluding hydrogens is 490 g/mol. The maximum absolute atomic E-state index is 13.1. The molecule has 2 aromatic rings. The fourth-order valence-electron chi connectivity index (χ4n) is 5.66. The molecule has 3 aliphatic rings. The van der Waals surface area contributed by atoms with Crippen molar-refractivity contribution in [3.05, 3.63) is 23.9 Å². The number of nitrogens with one attached hydrogen (secondary N) is 1. The van der Waals surface area contributed by atoms with Gasteiger partial charge in [-0.3, -0.25) is 9.59 Å². The van der Waals surface area contributed by atoms with Gasteiger partial charge >= 0.3 is 6.09 Å². The van der Waals surface area contributed by atoms with Crippen molar-refractivity contribution < 1.29 is 28.6 Å². The summed E-state index contributed by atoms with van der Waals surface area (Å²) in [4.78, 5) is 48.9. The van der Waals surface area contributed by atoms with Gasteiger partial charge in [0.1, 0.15) is 36.2 Å². The molecule has 204 valence electrons. The summed E-state index contributed by atoms with van der Waals surface area (Å²) in [7, 11) is 1.60. The van der Waals surface area contributed by atoms with Crippen LogP contribution in [0.5, 0.6) is 11.6 Å². The maximum Gasteiger partial charge on any atom is 0.407 e. The second-order valence-corrected chi connectivity index (χ2v) is 10.3. The Morgan fingerprint density at radius 3 is 2.76 bits per heavy atom. The Kier molecular flexibility index (Phi) is 7.53. The normalized spacial score (nSPS) is 28.2. The van der Waals surface area contributed by atoms with Crippen molar-refractivity contribution in [3.63, 3.8) is 0 Å². The first kappa shape index (κ1) is 26.0. The van der Waals surface area contributed by atoms with Gasteiger partial charge in [0.25, 0.3) is 0 Å². The molecule has 11 nitrogen and oxygen atoms in total. The first-order valence-corrected chi connectivity index (χ1v) is 13.4. The van der Waals surface area contributed by atoms with Crippen molar-refractivity contribution in [3.8, 4) is 11.6 Å². The van der Waals surface area contributed by atoms with E-state index < -0.39 is 30.1 Å². The Bertz CT molecular complexity index is 1220. The van der Waals surface area contributed by atoms with E-state index in [2.05, 4.69) is 5.32 Å². The van der Waals surface area contributed by atoms with Gasteiger partial charge in [0.15, 0.2) is 0 Å². The van der Waals surface area contributed by atoms with E-state index in [4.69, 9.17) is 29.9 Å². The number of nitrogens with zero attached hydrogens (tertiary/aromatic N) is 3. The van der Waals surface area contributed by atoms with Crippen molar-refractivity contribution in [2.24, 2.45) is 17.6 Å². The van der Waals surface area contributed by atoms with Crippen molar-refractivity contribution in [1.82, 2.24) is 20.2 Å². The van der Waals surface area contributed by atoms with E-state index in [0.717, 1.165) is 43.3 Å². The van der Waals surface area contributed by atoms with E-state index in [1.54, 1.807) is 7.11 Å². The molecule has 38 heavy (non-hydrogen) atoms. The largest absolute Gasteiger partial charge is 0.497 e. The summed E-state index contributed by atoms with van der Waals surface area (Å²) >= 11 is 0. The molecule has 1 saturated heterocycles. The van der Waals surface area contributed by atoms with Crippen LogP contribution in [0.25, 0.3) is 11.0 Å². The van der Waals surface area contributed by atoms with Crippen LogP contribution in [0.15, 0.2) is 18.2 Å². The number of hydrogen-bond acceptors (Lipinski definition) is 8. The number of fused-ring (bicyclic) bond motifs is 5. The first-order chi connectivity index (χ1) is 18.4. The second-order valence-electron chi connectivity index (χ2n) is 10.3. The van der Waals surface area contributed by atoms with Gasteiger partial charge in [-0.1, -0.05) is 19.8 Å². The van der Waals surface area contributed by atoms with Gasteiger partial charge in [0.05, 0.1) is 24.7 Å². The number of benzene rings is 1. The van der Waals surface area contributed by atoms with Crippen molar-refractivity contribution in [1.29, 1.82) is 0 Å². The SMILES string of the molecule is CC[C@@H]1[C@@H]2CN(C(=O)CNC(=O)O[C@@H]3C[C@H]3CCCCCc3nc4ccc(OC)cc4nc3O2)[C@@H]1C(N)=O. The average molecular weight is 526 g/mol. The Balaban J connectivity index is 1.47. The van der Waals surface area contributed by atoms with Crippen molar-refractivity contribution in [2.45, 2.75) is 70.1 Å². The van der Waals surface area contributed by atoms with Gasteiger partial charge in [0.2, 0.25) is 17.7 Å². The number of ether oxygens (including phenoxy) is 3. The third-order valence-corrected chi connectivity index (χ3v) is 7.84. The fourth-order valence-corrected chi connectivity index (χ4v) is 5.66. The van der Waals surface area contributed by atoms with E-state index >= 15 is 0 Å². The summed E-state index contributed by atoms with van der Waals surface area (Å²) in [5.41, 5.74) is 7.89. The molecule has 1 saturated carbocycles. The molecule has 11 heteroatoms. The number of amides is 3. The zero-order chi connectivity index (χ0) is 26.8. The van der Waals surface area contributed by atoms with Gasteiger partial charge in [-0.25, -0.2) is 14.8 Å². The molecule has 5 atom stereocenters. The number of carbonyl (C=O) groups is 3. The van der Waals surface area contributed by atoms with Gasteiger partial charge in [-0.05, 0) is 50.2 Å². The van der Waals surface area contributed by atoms with Gasteiger partial charge in [0, 0.05) is 12.0 Å². The minimum atomic E-state index is -0.859. The van der Waals surface area contributed by atoms with Crippen LogP contribution in [0.2, 0.25) is 0 Å². The highest BCUT2D eigenvalue weighted by Gasteiger charge is 2.48. The van der Waals surface area contributed by atoms with Crippen LogP contribution in [-0.4, -0.2) is 71.2 Å². The number of primary amides is 1. The Morgan fingerprint density at radius 2 is 2.00 bits per heavy atom. The highest BCUT2D eigenvalue weighted by Crippen LogP contribution is 2.38. The lowest BCUT2D eigenvalue weighted by Gasteiger charge is -2.25. The van der Waals surface area contributed by atoms with Crippen LogP contribution in [0.1, 0.15) is 51.1 Å². The van der Waals surface area contributed by atoms with E-state index in [-0.39, 0.29) is 25.1 Å². The number of alkyl carbamates (subject to hydrolysis) is 1. The lowest BCUT2D eigenvalue weighted by molar-refractivity contribution is -0.137. The molecule has 5 rings (SSSR count). The van der Waals surface area contributed by atoms with E-state index in [9.17, 15) is 14.4 Å². The summed E-state index contributed by atoms with van der Waals surface area (Å²) in [6.45, 7) is 1.79. The number of nitrogens with two attached hydrogens (primary N) is 1. The van der Waals surface area contributed by atoms with Crippen molar-refractivity contribution in [2.75, 3.05) is 20.2 Å². The number of methoxy groups -OCH3 is 1. The molecule has 1 aromatic carbocycles. The van der Waals surface area contributed by atoms with Crippen molar-refractivity contribution >= 4 is 28.9 Å². The molecule has 0 radical (unpaired) electrons. The standard InChI is InChI=1S/C27H35N5O6/c1-3-17-22-14-32(24(17)25(28)34)23(33)13-29-27(35)38-21-11-15(21)7-5-4-6-8-19-26(37-22)31-20-12-16(36-2)9-10-18(20)30-19/h9-10,12,15,17,21-22,24H,3-8,11,13-14H2,1-2H3,(H2,28,34)(H,29,35)/t15-,17-,21-,22+,24+/m1/s1. The second kappa shape index (κ2) is 11.0. The number of hydrogen-bond donors (Lipinski definition) is 2. The highest BCUT2D eigenvalue weighted by molar-refractivity contribution is 5.89. The van der Waals surface area contributed by atoms with Crippen LogP contribution in [0.3, 0.4) is 0 Å². The summed E-state index contributed by atoms with van der Waals surface area (Å²) in [5.74, 6) is 0.0476. The van der Waals surface area contributed by atoms with E-state index in [1.807, 2.05) is 25.1 Å². The molecule has 2 bridgehead atoms. The summed E-state index contributed by atoms with van der Waals surface area (Å²) in [6.07, 6.45) is 4.76. The molecule has 2 fully saturated rings. The smallest absolute Gasteiger partial charge is 0.407 e. The lowest BCUT2D eigenvalue weighted by atomic mass is 9.94. The minimum Gasteiger partial charge on any atom is -0.497 e. The first-order valence-electron chi connectivity index (χ1n) is 13.4. The zero-order valence-electron chi connectivity index (χ0n) is 21.9. The Hall–Kier alpha value is -3.63. The molecule has 3 amide bonds. The highest BCUT2D eigenvalue weighted by atomic mass is 16.6. The molecule has 0 spiro atoms. The van der Waals surface area contributed by atoms with Crippen LogP contribution >= 0.6 is 0 Å². The molecule has 1 aliphatic carbocycles. The Labute approximate surface area is 221 Å². The number of aromatic nitrogens is 2. The third-order valence-electron chi connectivity index (χ3n) is 7.84. The molecule has 1 aromatic heterocycles. The summed E-state index contributed by atoms with van der Waals surface area (Å²) in [5, 5.41) is 2.54. The van der Waals surface area contributed by atoms with E-state index in [1.165, 1.54) is 4.90 Å². The molecule has 3 N–H and O–H groups in total. The number of carbonyl (C=O) groups excluding carboxylic acids is 3. The Morgan fingerprint density at radius 1 is 1.16 bits per heavy atom. The average Bonchev–Trinajstić information content (AvgIpc) is 3.52. The molecule has 2 aliphatic heterocycles. The predicted octanol–water partition coefficient (Wildman–Crippen LogP) is 2.34. The van der Waals surface area contributed by atoms with Crippen LogP contribution in [-0.2, 0) is 20.7 Å². The fraction of sp³-hybridized carbons (Fsp3) is 0.593. The van der Waals surface area contributed by atoms with Gasteiger partial charge in [-0.2, -0.15) is 0 Å². The van der Waals surface area contributed by atoms with Gasteiger partial charge < -0.3 is 30.2 Å². The van der Waals surface area contributed by atoms with Gasteiger partial charge in [-0.15, -0.1) is 0 Å². The number of rotatable bonds is 3. The maximum atomic E-state index is 13.1. The monoisotopic (exact) mass is 525 g/mol. The predicted molar refractivity (Wildman–Crippen MR) is 138 cm³/mol. The molecular formula is C27H35N5O6. The summed E-state index contributed by atoms with van der Waals surface area (Å²) < 4.78 is 17.3. The quantitative estimate of drug-likeness (QED) is 0.621. The van der Waals surface area contributed by atoms with Crippen LogP contribution < -0.4 is 20.5 Å². The van der Waals surface area contributed by atoms with Crippen LogP contribution in [0.4, 0.5) is 4.79 Å². The number of aryl methyl sites for hydroxylation is 1. The minimum absolute atomic E-state index is 0.105. The van der Waals surface area contributed by atoms with Crippen LogP contribution in [0, 0.1) is 11.8 Å². The molecule has 3 heterocycles. The summed E-state index contributed by atoms with van der Waals surface area (Å²) in [6, 6.07) is 4.68.